The third-order valence-electron chi connectivity index (χ3n) is 4.12. The van der Waals surface area contributed by atoms with E-state index in [4.69, 9.17) is 0 Å². The highest BCUT2D eigenvalue weighted by atomic mass is 32.2. The van der Waals surface area contributed by atoms with Gasteiger partial charge in [-0.1, -0.05) is 60.3 Å². The molecule has 1 heterocycles. The average molecular weight is 366 g/mol. The predicted octanol–water partition coefficient (Wildman–Crippen LogP) is 4.39. The van der Waals surface area contributed by atoms with Gasteiger partial charge in [0.05, 0.1) is 5.25 Å². The first-order chi connectivity index (χ1) is 12.6. The standard InChI is InChI=1S/C20H22N4OS/c1-4-24-18(16-11-6-5-7-12-16)22-23-20(24)26-15(3)19(25)21-17-13-9-8-10-14(17)2/h5-13,15H,4H2,1-3H3,(H,21,25)/t15-/m1/s1. The van der Waals surface area contributed by atoms with E-state index in [1.165, 1.54) is 11.8 Å². The van der Waals surface area contributed by atoms with Crippen LogP contribution in [0.4, 0.5) is 5.69 Å². The Morgan fingerprint density at radius 3 is 2.50 bits per heavy atom. The third-order valence-corrected chi connectivity index (χ3v) is 5.20. The molecule has 0 saturated carbocycles. The summed E-state index contributed by atoms with van der Waals surface area (Å²) < 4.78 is 2.04. The summed E-state index contributed by atoms with van der Waals surface area (Å²) in [5, 5.41) is 12.1. The number of carbonyl (C=O) groups is 1. The minimum Gasteiger partial charge on any atom is -0.325 e. The Hall–Kier alpha value is -2.60. The molecule has 0 radical (unpaired) electrons. The maximum Gasteiger partial charge on any atom is 0.237 e. The van der Waals surface area contributed by atoms with Gasteiger partial charge >= 0.3 is 0 Å². The second kappa shape index (κ2) is 8.19. The number of para-hydroxylation sites is 1. The van der Waals surface area contributed by atoms with Gasteiger partial charge in [-0.05, 0) is 32.4 Å². The lowest BCUT2D eigenvalue weighted by atomic mass is 10.2. The highest BCUT2D eigenvalue weighted by Gasteiger charge is 2.20. The first-order valence-electron chi connectivity index (χ1n) is 8.62. The molecule has 6 heteroatoms. The lowest BCUT2D eigenvalue weighted by Crippen LogP contribution is -2.23. The number of hydrogen-bond donors (Lipinski definition) is 1. The lowest BCUT2D eigenvalue weighted by molar-refractivity contribution is -0.115. The summed E-state index contributed by atoms with van der Waals surface area (Å²) in [5.41, 5.74) is 2.90. The Bertz CT molecular complexity index is 892. The van der Waals surface area contributed by atoms with Crippen LogP contribution in [0.1, 0.15) is 19.4 Å². The quantitative estimate of drug-likeness (QED) is 0.657. The van der Waals surface area contributed by atoms with Crippen LogP contribution >= 0.6 is 11.8 Å². The van der Waals surface area contributed by atoms with Crippen LogP contribution in [0.25, 0.3) is 11.4 Å². The van der Waals surface area contributed by atoms with Crippen molar-refractivity contribution in [3.05, 3.63) is 60.2 Å². The van der Waals surface area contributed by atoms with E-state index in [1.807, 2.05) is 73.0 Å². The van der Waals surface area contributed by atoms with Crippen molar-refractivity contribution in [2.24, 2.45) is 0 Å². The second-order valence-electron chi connectivity index (χ2n) is 5.98. The fourth-order valence-corrected chi connectivity index (χ4v) is 3.53. The van der Waals surface area contributed by atoms with Crippen molar-refractivity contribution in [1.29, 1.82) is 0 Å². The number of nitrogens with one attached hydrogen (secondary N) is 1. The maximum atomic E-state index is 12.6. The largest absolute Gasteiger partial charge is 0.325 e. The van der Waals surface area contributed by atoms with Gasteiger partial charge in [-0.25, -0.2) is 0 Å². The van der Waals surface area contributed by atoms with Crippen molar-refractivity contribution >= 4 is 23.4 Å². The van der Waals surface area contributed by atoms with E-state index in [0.717, 1.165) is 34.3 Å². The molecular formula is C20H22N4OS. The molecule has 134 valence electrons. The Morgan fingerprint density at radius 1 is 1.12 bits per heavy atom. The number of rotatable bonds is 6. The number of anilines is 1. The zero-order valence-corrected chi connectivity index (χ0v) is 16.0. The smallest absolute Gasteiger partial charge is 0.237 e. The molecule has 0 unspecified atom stereocenters. The molecule has 0 bridgehead atoms. The van der Waals surface area contributed by atoms with Crippen LogP contribution in [0.3, 0.4) is 0 Å². The van der Waals surface area contributed by atoms with Gasteiger partial charge in [0, 0.05) is 17.8 Å². The Kier molecular flexibility index (Phi) is 5.73. The summed E-state index contributed by atoms with van der Waals surface area (Å²) in [6, 6.07) is 17.7. The Balaban J connectivity index is 1.75. The second-order valence-corrected chi connectivity index (χ2v) is 7.29. The molecule has 2 aromatic carbocycles. The van der Waals surface area contributed by atoms with Crippen molar-refractivity contribution in [2.45, 2.75) is 37.7 Å². The first kappa shape index (κ1) is 18.2. The molecule has 3 aromatic rings. The summed E-state index contributed by atoms with van der Waals surface area (Å²) in [6.45, 7) is 6.66. The number of amides is 1. The monoisotopic (exact) mass is 366 g/mol. The lowest BCUT2D eigenvalue weighted by Gasteiger charge is -2.14. The number of nitrogens with zero attached hydrogens (tertiary/aromatic N) is 3. The molecule has 0 saturated heterocycles. The normalized spacial score (nSPS) is 12.0. The molecule has 0 aliphatic heterocycles. The molecule has 0 fully saturated rings. The van der Waals surface area contributed by atoms with E-state index >= 15 is 0 Å². The fraction of sp³-hybridized carbons (Fsp3) is 0.250. The van der Waals surface area contributed by atoms with E-state index < -0.39 is 0 Å². The molecule has 5 nitrogen and oxygen atoms in total. The van der Waals surface area contributed by atoms with Gasteiger partial charge in [0.1, 0.15) is 0 Å². The number of benzene rings is 2. The van der Waals surface area contributed by atoms with Crippen LogP contribution in [0, 0.1) is 6.92 Å². The van der Waals surface area contributed by atoms with Crippen LogP contribution in [0.2, 0.25) is 0 Å². The zero-order chi connectivity index (χ0) is 18.5. The number of aryl methyl sites for hydroxylation is 1. The van der Waals surface area contributed by atoms with Gasteiger partial charge in [-0.15, -0.1) is 10.2 Å². The third kappa shape index (κ3) is 3.96. The molecule has 26 heavy (non-hydrogen) atoms. The maximum absolute atomic E-state index is 12.6. The number of carbonyl (C=O) groups excluding carboxylic acids is 1. The van der Waals surface area contributed by atoms with Crippen molar-refractivity contribution in [3.63, 3.8) is 0 Å². The molecule has 1 aromatic heterocycles. The molecule has 1 N–H and O–H groups in total. The van der Waals surface area contributed by atoms with Gasteiger partial charge in [-0.3, -0.25) is 4.79 Å². The van der Waals surface area contributed by atoms with Gasteiger partial charge in [0.25, 0.3) is 0 Å². The summed E-state index contributed by atoms with van der Waals surface area (Å²) in [5.74, 6) is 0.776. The number of aromatic nitrogens is 3. The topological polar surface area (TPSA) is 59.8 Å². The number of thioether (sulfide) groups is 1. The fourth-order valence-electron chi connectivity index (χ4n) is 2.62. The predicted molar refractivity (Wildman–Crippen MR) is 106 cm³/mol. The van der Waals surface area contributed by atoms with Gasteiger partial charge in [0.2, 0.25) is 5.91 Å². The van der Waals surface area contributed by atoms with E-state index in [1.54, 1.807) is 0 Å². The van der Waals surface area contributed by atoms with Crippen LogP contribution in [-0.2, 0) is 11.3 Å². The highest BCUT2D eigenvalue weighted by molar-refractivity contribution is 8.00. The SMILES string of the molecule is CCn1c(S[C@H](C)C(=O)Nc2ccccc2C)nnc1-c1ccccc1. The molecule has 1 amide bonds. The van der Waals surface area contributed by atoms with E-state index in [9.17, 15) is 4.79 Å². The number of hydrogen-bond acceptors (Lipinski definition) is 4. The summed E-state index contributed by atoms with van der Waals surface area (Å²) in [7, 11) is 0. The molecular weight excluding hydrogens is 344 g/mol. The van der Waals surface area contributed by atoms with Crippen molar-refractivity contribution < 1.29 is 4.79 Å². The van der Waals surface area contributed by atoms with Crippen molar-refractivity contribution in [3.8, 4) is 11.4 Å². The molecule has 0 aliphatic carbocycles. The first-order valence-corrected chi connectivity index (χ1v) is 9.50. The van der Waals surface area contributed by atoms with Crippen molar-refractivity contribution in [1.82, 2.24) is 14.8 Å². The Morgan fingerprint density at radius 2 is 1.81 bits per heavy atom. The minimum absolute atomic E-state index is 0.0452. The van der Waals surface area contributed by atoms with Crippen LogP contribution in [0.5, 0.6) is 0 Å². The van der Waals surface area contributed by atoms with Crippen molar-refractivity contribution in [2.75, 3.05) is 5.32 Å². The molecule has 1 atom stereocenters. The van der Waals surface area contributed by atoms with E-state index in [0.29, 0.717) is 0 Å². The summed E-state index contributed by atoms with van der Waals surface area (Å²) in [4.78, 5) is 12.6. The zero-order valence-electron chi connectivity index (χ0n) is 15.1. The van der Waals surface area contributed by atoms with Gasteiger partial charge in [-0.2, -0.15) is 0 Å². The van der Waals surface area contributed by atoms with Crippen LogP contribution < -0.4 is 5.32 Å². The van der Waals surface area contributed by atoms with E-state index in [2.05, 4.69) is 22.4 Å². The molecule has 0 aliphatic rings. The van der Waals surface area contributed by atoms with Crippen LogP contribution in [0.15, 0.2) is 59.8 Å². The summed E-state index contributed by atoms with van der Waals surface area (Å²) >= 11 is 1.42. The average Bonchev–Trinajstić information content (AvgIpc) is 3.06. The summed E-state index contributed by atoms with van der Waals surface area (Å²) in [6.07, 6.45) is 0. The molecule has 0 spiro atoms. The van der Waals surface area contributed by atoms with Gasteiger partial charge < -0.3 is 9.88 Å². The highest BCUT2D eigenvalue weighted by Crippen LogP contribution is 2.27. The van der Waals surface area contributed by atoms with Crippen LogP contribution in [-0.4, -0.2) is 25.9 Å². The molecule has 3 rings (SSSR count). The van der Waals surface area contributed by atoms with Gasteiger partial charge in [0.15, 0.2) is 11.0 Å². The minimum atomic E-state index is -0.285. The Labute approximate surface area is 157 Å². The van der Waals surface area contributed by atoms with E-state index in [-0.39, 0.29) is 11.2 Å².